The van der Waals surface area contributed by atoms with Crippen molar-refractivity contribution >= 4 is 139 Å². The number of carboxylic acid groups (broad SMARTS) is 1. The molecule has 5 aliphatic heterocycles. The minimum atomic E-state index is -1.26. The van der Waals surface area contributed by atoms with Gasteiger partial charge in [0.15, 0.2) is 5.78 Å². The molecule has 5 aliphatic rings. The molecule has 105 heavy (non-hydrogen) atoms. The maximum Gasteiger partial charge on any atom is 0 e. The summed E-state index contributed by atoms with van der Waals surface area (Å²) in [5, 5.41) is 25.3. The summed E-state index contributed by atoms with van der Waals surface area (Å²) < 4.78 is 16.9. The number of cyclic esters (lactones) is 2. The third-order valence-corrected chi connectivity index (χ3v) is 16.3. The van der Waals surface area contributed by atoms with Gasteiger partial charge in [0, 0.05) is 59.6 Å². The van der Waals surface area contributed by atoms with Crippen LogP contribution in [0.4, 0.5) is 11.4 Å². The van der Waals surface area contributed by atoms with Crippen molar-refractivity contribution in [1.29, 1.82) is 0 Å². The number of amides is 9. The van der Waals surface area contributed by atoms with E-state index in [9.17, 15) is 62.3 Å². The third kappa shape index (κ3) is 17.1. The molecule has 0 fully saturated rings. The molecule has 0 atom stereocenters. The van der Waals surface area contributed by atoms with E-state index in [1.54, 1.807) is 42.5 Å². The average molecular weight is 1720 g/mol. The summed E-state index contributed by atoms with van der Waals surface area (Å²) >= 11 is 4.74. The number of nitrogens with two attached hydrogens (primary N) is 1. The van der Waals surface area contributed by atoms with Crippen LogP contribution in [0.15, 0.2) is 176 Å². The molecule has 9 aromatic carbocycles. The van der Waals surface area contributed by atoms with Crippen molar-refractivity contribution in [3.63, 3.8) is 0 Å². The Morgan fingerprint density at radius 1 is 0.495 bits per heavy atom. The fraction of sp³-hybridized carbons (Fsp3) is 0.110. The first-order chi connectivity index (χ1) is 48.5. The number of nitrogens with one attached hydrogen (secondary N) is 2. The van der Waals surface area contributed by atoms with Gasteiger partial charge in [0.05, 0.1) is 61.2 Å². The number of hydrogen-bond acceptors (Lipinski definition) is 22. The number of carboxylic acids is 1. The van der Waals surface area contributed by atoms with Gasteiger partial charge in [-0.05, 0) is 164 Å². The van der Waals surface area contributed by atoms with Crippen LogP contribution in [0.1, 0.15) is 160 Å². The zero-order valence-corrected chi connectivity index (χ0v) is 61.1. The number of carbonyl (C=O) groups is 13. The Kier molecular flexibility index (Phi) is 27.4. The number of halogens is 2. The van der Waals surface area contributed by atoms with Crippen molar-refractivity contribution in [2.75, 3.05) is 37.6 Å². The van der Waals surface area contributed by atoms with Gasteiger partial charge >= 0.3 is 67.3 Å². The van der Waals surface area contributed by atoms with Gasteiger partial charge in [0.1, 0.15) is 42.9 Å². The van der Waals surface area contributed by atoms with Gasteiger partial charge in [0.25, 0.3) is 53.2 Å². The number of imide groups is 4. The van der Waals surface area contributed by atoms with E-state index in [0.29, 0.717) is 67.8 Å². The van der Waals surface area contributed by atoms with Crippen molar-refractivity contribution in [2.45, 2.75) is 27.4 Å². The van der Waals surface area contributed by atoms with Crippen LogP contribution in [0, 0.1) is 0 Å². The molecule has 14 rings (SSSR count). The van der Waals surface area contributed by atoms with E-state index in [-0.39, 0.29) is 111 Å². The predicted molar refractivity (Wildman–Crippen MR) is 384 cm³/mol. The standard InChI is InChI=1S/C43H30N4O8.C19H12N2O8.C10H9NO3.CH4.2HI.2H2O.2V/c1-24(48)25-7-17-34-36(20-25)42(52)46(40(34)50)23-47-41(51)35-18-8-27(21-37(35)43(47)53)39(49)45-29-11-15-31(16-12-29)55-38-22-32(19-26-5-3-4-6-33(26)38)54-30-13-9-28(44-2)10-14-30;22-15-11-3-1-9(7-29-28)5-13(11)17(24)20(15)8-21-16(23)12-4-2-10(19(26)27)6-14(12)18(21)25;11-4-3-6-1-2-7-8(5-6)10(13)14-9(7)12;;;;;;;/h3-22,44H,23H2,1-2H3,(H,45,49);1-6,28H,7-8H2,(H,26,27);1-2,5H,3-4,11H2;1H4;2*1H;2*1H2;;/q;;;;;;;;;+2/p-4. The van der Waals surface area contributed by atoms with Crippen molar-refractivity contribution in [3.05, 3.63) is 259 Å². The quantitative estimate of drug-likeness (QED) is 0.0107. The Morgan fingerprint density at radius 3 is 1.42 bits per heavy atom. The molecular formula is C73H57I2N7O21V2-2. The monoisotopic (exact) mass is 1720 g/mol. The zero-order chi connectivity index (χ0) is 72.1. The second kappa shape index (κ2) is 35.2. The largest absolute Gasteiger partial charge is 0.870 e. The number of hydrogen-bond donors (Lipinski definition) is 5. The summed E-state index contributed by atoms with van der Waals surface area (Å²) in [6.07, 6.45) is 0.689. The fourth-order valence-corrected chi connectivity index (χ4v) is 11.3. The number of esters is 2. The maximum atomic E-state index is 13.4. The van der Waals surface area contributed by atoms with E-state index in [2.05, 4.69) is 60.2 Å². The summed E-state index contributed by atoms with van der Waals surface area (Å²) in [6.45, 7) is 0.446. The van der Waals surface area contributed by atoms with Crippen molar-refractivity contribution < 1.29 is 131 Å². The molecule has 8 N–H and O–H groups in total. The first kappa shape index (κ1) is 81.7. The SMILES string of the molecule is C.CNc1ccc(Oc2cc(Oc3ccc(NC(=O)c4ccc5c(c4)C(=O)N(CN4C(=O)c6ccc(C(C)=O)cc6C4=O)C5=O)cc3)c3ccccc3c2)cc1.NCCc1ccc2c(c1)C(=O)OC2=O.O=C(O)c1ccc2c(c1)C(=O)N(CN1C(=O)c3ccc(COO)cc3C1=O)C2=O.[I][V][I].[OH-].[OH-].[V]. The smallest absolute Gasteiger partial charge is 0 e. The summed E-state index contributed by atoms with van der Waals surface area (Å²) in [6, 6.07) is 46.9. The number of nitrogens with zero attached hydrogens (tertiary/aromatic N) is 4. The number of benzene rings is 9. The molecule has 0 aromatic heterocycles. The molecule has 0 aliphatic carbocycles. The molecule has 0 bridgehead atoms. The van der Waals surface area contributed by atoms with Crippen LogP contribution in [0.5, 0.6) is 23.0 Å². The summed E-state index contributed by atoms with van der Waals surface area (Å²) in [5.41, 5.74) is 9.25. The van der Waals surface area contributed by atoms with Crippen molar-refractivity contribution in [2.24, 2.45) is 5.73 Å². The molecule has 9 aromatic rings. The maximum absolute atomic E-state index is 13.4. The van der Waals surface area contributed by atoms with Gasteiger partial charge in [-0.3, -0.25) is 72.8 Å². The molecule has 0 spiro atoms. The average Bonchev–Trinajstić information content (AvgIpc) is 1.61. The van der Waals surface area contributed by atoms with Crippen LogP contribution in [-0.4, -0.2) is 145 Å². The predicted octanol–water partition coefficient (Wildman–Crippen LogP) is 11.5. The van der Waals surface area contributed by atoms with Gasteiger partial charge in [-0.1, -0.05) is 49.9 Å². The molecule has 28 nitrogen and oxygen atoms in total. The van der Waals surface area contributed by atoms with Gasteiger partial charge < -0.3 is 46.6 Å². The molecular weight excluding hydrogens is 1670 g/mol. The van der Waals surface area contributed by atoms with Crippen molar-refractivity contribution in [1.82, 2.24) is 19.6 Å². The Morgan fingerprint density at radius 2 is 0.914 bits per heavy atom. The summed E-state index contributed by atoms with van der Waals surface area (Å²) in [7, 11) is 2.48. The number of anilines is 2. The van der Waals surface area contributed by atoms with E-state index in [0.717, 1.165) is 47.7 Å². The molecule has 0 saturated heterocycles. The number of ether oxygens (including phenoxy) is 3. The Bertz CT molecular complexity index is 5040. The zero-order valence-electron chi connectivity index (χ0n) is 54.0. The molecule has 0 saturated carbocycles. The van der Waals surface area contributed by atoms with E-state index >= 15 is 0 Å². The van der Waals surface area contributed by atoms with E-state index in [1.807, 2.05) is 67.7 Å². The fourth-order valence-electron chi connectivity index (χ4n) is 11.3. The number of rotatable bonds is 17. The first-order valence-corrected chi connectivity index (χ1v) is 39.2. The van der Waals surface area contributed by atoms with Crippen LogP contribution in [-0.2, 0) is 50.7 Å². The van der Waals surface area contributed by atoms with Crippen LogP contribution < -0.4 is 25.8 Å². The van der Waals surface area contributed by atoms with Crippen LogP contribution in [0.3, 0.4) is 0 Å². The molecule has 9 amide bonds. The molecule has 1 radical (unpaired) electrons. The van der Waals surface area contributed by atoms with E-state index in [1.165, 1.54) is 73.7 Å². The topological polar surface area (TPSA) is 422 Å². The summed E-state index contributed by atoms with van der Waals surface area (Å²) in [5.74, 6) is -6.62. The van der Waals surface area contributed by atoms with Gasteiger partial charge in [0.2, 0.25) is 0 Å². The van der Waals surface area contributed by atoms with Crippen LogP contribution in [0.25, 0.3) is 10.8 Å². The number of Topliss-reactive ketones (excluding diaryl/α,β-unsaturated/α-hetero) is 1. The van der Waals surface area contributed by atoms with Crippen LogP contribution in [0.2, 0.25) is 0 Å². The molecule has 32 heteroatoms. The van der Waals surface area contributed by atoms with Gasteiger partial charge in [-0.2, -0.15) is 0 Å². The Labute approximate surface area is 637 Å². The van der Waals surface area contributed by atoms with Gasteiger partial charge in [-0.15, -0.1) is 0 Å². The second-order valence-corrected chi connectivity index (χ2v) is 34.3. The number of fused-ring (bicyclic) bond motifs is 6. The van der Waals surface area contributed by atoms with E-state index < -0.39 is 84.4 Å². The first-order valence-electron chi connectivity index (χ1n) is 30.1. The normalized spacial score (nSPS) is 13.1. The van der Waals surface area contributed by atoms with E-state index in [4.69, 9.17) is 25.6 Å². The number of ketones is 1. The Balaban J connectivity index is 0.000000256. The molecule has 5 heterocycles. The number of carbonyl (C=O) groups excluding carboxylic acids is 12. The van der Waals surface area contributed by atoms with Crippen molar-refractivity contribution in [3.8, 4) is 23.0 Å². The summed E-state index contributed by atoms with van der Waals surface area (Å²) in [4.78, 5) is 169. The van der Waals surface area contributed by atoms with Gasteiger partial charge in [-0.25, -0.2) is 19.3 Å². The molecule has 536 valence electrons. The Hall–Kier alpha value is -10.6. The third-order valence-electron chi connectivity index (χ3n) is 16.3. The number of aromatic carboxylic acids is 1. The van der Waals surface area contributed by atoms with Crippen LogP contribution >= 0.6 is 40.0 Å². The minimum Gasteiger partial charge on any atom is -0.870 e. The second-order valence-electron chi connectivity index (χ2n) is 22.5. The minimum absolute atomic E-state index is 0. The molecule has 0 unspecified atom stereocenters.